The van der Waals surface area contributed by atoms with Crippen LogP contribution in [-0.2, 0) is 22.6 Å². The van der Waals surface area contributed by atoms with Crippen molar-refractivity contribution in [2.45, 2.75) is 19.1 Å². The average Bonchev–Trinajstić information content (AvgIpc) is 3.38. The lowest BCUT2D eigenvalue weighted by molar-refractivity contribution is -0.118. The fraction of sp³-hybridized carbons (Fsp3) is 0.115. The lowest BCUT2D eigenvalue weighted by atomic mass is 10.1. The van der Waals surface area contributed by atoms with Gasteiger partial charge in [0.25, 0.3) is 0 Å². The van der Waals surface area contributed by atoms with Crippen molar-refractivity contribution in [3.63, 3.8) is 0 Å². The molecule has 0 saturated carbocycles. The summed E-state index contributed by atoms with van der Waals surface area (Å²) in [5.41, 5.74) is 2.20. The normalized spacial score (nSPS) is 11.4. The molecule has 34 heavy (non-hydrogen) atoms. The van der Waals surface area contributed by atoms with E-state index >= 15 is 0 Å². The Bertz CT molecular complexity index is 1230. The number of ether oxygens (including phenoxy) is 1. The number of halogens is 1. The molecule has 0 aliphatic heterocycles. The predicted molar refractivity (Wildman–Crippen MR) is 126 cm³/mol. The highest BCUT2D eigenvalue weighted by Crippen LogP contribution is 2.18. The summed E-state index contributed by atoms with van der Waals surface area (Å²) in [5.74, 6) is -1.04. The third kappa shape index (κ3) is 6.07. The molecule has 0 spiro atoms. The molecule has 3 aromatic carbocycles. The highest BCUT2D eigenvalue weighted by atomic mass is 19.1. The minimum absolute atomic E-state index is 0.0758. The van der Waals surface area contributed by atoms with Crippen molar-refractivity contribution in [2.24, 2.45) is 0 Å². The van der Waals surface area contributed by atoms with Gasteiger partial charge in [0.1, 0.15) is 18.3 Å². The topological polar surface area (TPSA) is 85.3 Å². The summed E-state index contributed by atoms with van der Waals surface area (Å²) >= 11 is 0. The molecule has 172 valence electrons. The summed E-state index contributed by atoms with van der Waals surface area (Å²) in [6.07, 6.45) is 2.69. The SMILES string of the molecule is O=C(NC(Cc1ccccc1)C(=O)Nc1ccc(-n2cccn2)c(F)c1)OCc1ccccc1. The number of rotatable bonds is 8. The van der Waals surface area contributed by atoms with Gasteiger partial charge in [-0.3, -0.25) is 4.79 Å². The Morgan fingerprint density at radius 2 is 1.65 bits per heavy atom. The number of nitrogens with zero attached hydrogens (tertiary/aromatic N) is 2. The smallest absolute Gasteiger partial charge is 0.408 e. The first-order valence-corrected chi connectivity index (χ1v) is 10.7. The first-order chi connectivity index (χ1) is 16.6. The Kier molecular flexibility index (Phi) is 7.29. The van der Waals surface area contributed by atoms with E-state index in [1.165, 1.54) is 16.8 Å². The third-order valence-electron chi connectivity index (χ3n) is 5.07. The van der Waals surface area contributed by atoms with Crippen LogP contribution in [-0.4, -0.2) is 27.8 Å². The van der Waals surface area contributed by atoms with E-state index in [1.54, 1.807) is 24.5 Å². The van der Waals surface area contributed by atoms with E-state index in [9.17, 15) is 14.0 Å². The Morgan fingerprint density at radius 3 is 2.29 bits per heavy atom. The predicted octanol–water partition coefficient (Wildman–Crippen LogP) is 4.49. The van der Waals surface area contributed by atoms with Crippen molar-refractivity contribution in [3.8, 4) is 5.69 Å². The molecular formula is C26H23FN4O3. The quantitative estimate of drug-likeness (QED) is 0.408. The van der Waals surface area contributed by atoms with Gasteiger partial charge in [-0.2, -0.15) is 5.10 Å². The molecule has 1 aromatic heterocycles. The number of carbonyl (C=O) groups is 2. The van der Waals surface area contributed by atoms with Gasteiger partial charge in [-0.25, -0.2) is 13.9 Å². The lowest BCUT2D eigenvalue weighted by Gasteiger charge is -2.19. The molecule has 1 atom stereocenters. The number of alkyl carbamates (subject to hydrolysis) is 1. The second-order valence-corrected chi connectivity index (χ2v) is 7.55. The van der Waals surface area contributed by atoms with Crippen molar-refractivity contribution in [1.82, 2.24) is 15.1 Å². The highest BCUT2D eigenvalue weighted by molar-refractivity contribution is 5.96. The zero-order valence-corrected chi connectivity index (χ0v) is 18.2. The summed E-state index contributed by atoms with van der Waals surface area (Å²) in [5, 5.41) is 9.31. The summed E-state index contributed by atoms with van der Waals surface area (Å²) in [6.45, 7) is 0.0758. The number of hydrogen-bond acceptors (Lipinski definition) is 4. The number of aromatic nitrogens is 2. The van der Waals surface area contributed by atoms with Gasteiger partial charge in [-0.05, 0) is 35.4 Å². The van der Waals surface area contributed by atoms with Gasteiger partial charge in [0.2, 0.25) is 5.91 Å². The Morgan fingerprint density at radius 1 is 0.941 bits per heavy atom. The fourth-order valence-corrected chi connectivity index (χ4v) is 3.38. The van der Waals surface area contributed by atoms with Crippen LogP contribution in [0.4, 0.5) is 14.9 Å². The summed E-state index contributed by atoms with van der Waals surface area (Å²) in [7, 11) is 0. The third-order valence-corrected chi connectivity index (χ3v) is 5.07. The van der Waals surface area contributed by atoms with Crippen LogP contribution in [0.15, 0.2) is 97.3 Å². The minimum Gasteiger partial charge on any atom is -0.445 e. The van der Waals surface area contributed by atoms with Gasteiger partial charge in [0.05, 0.1) is 0 Å². The van der Waals surface area contributed by atoms with Crippen molar-refractivity contribution in [3.05, 3.63) is 114 Å². The van der Waals surface area contributed by atoms with Crippen molar-refractivity contribution < 1.29 is 18.7 Å². The molecule has 0 fully saturated rings. The van der Waals surface area contributed by atoms with Crippen molar-refractivity contribution >= 4 is 17.7 Å². The molecule has 0 radical (unpaired) electrons. The summed E-state index contributed by atoms with van der Waals surface area (Å²) < 4.78 is 21.2. The second kappa shape index (κ2) is 10.9. The van der Waals surface area contributed by atoms with E-state index in [2.05, 4.69) is 15.7 Å². The average molecular weight is 458 g/mol. The lowest BCUT2D eigenvalue weighted by Crippen LogP contribution is -2.45. The molecule has 0 aliphatic carbocycles. The van der Waals surface area contributed by atoms with Gasteiger partial charge in [-0.15, -0.1) is 0 Å². The summed E-state index contributed by atoms with van der Waals surface area (Å²) in [6, 6.07) is 23.6. The fourth-order valence-electron chi connectivity index (χ4n) is 3.38. The maximum absolute atomic E-state index is 14.6. The molecule has 1 unspecified atom stereocenters. The molecule has 8 heteroatoms. The first-order valence-electron chi connectivity index (χ1n) is 10.7. The summed E-state index contributed by atoms with van der Waals surface area (Å²) in [4.78, 5) is 25.5. The number of hydrogen-bond donors (Lipinski definition) is 2. The van der Waals surface area contributed by atoms with Crippen LogP contribution >= 0.6 is 0 Å². The monoisotopic (exact) mass is 458 g/mol. The van der Waals surface area contributed by atoms with Gasteiger partial charge in [0, 0.05) is 24.5 Å². The van der Waals surface area contributed by atoms with E-state index in [0.717, 1.165) is 11.1 Å². The molecule has 2 N–H and O–H groups in total. The Hall–Kier alpha value is -4.46. The van der Waals surface area contributed by atoms with E-state index in [1.807, 2.05) is 60.7 Å². The van der Waals surface area contributed by atoms with Crippen LogP contribution in [0.1, 0.15) is 11.1 Å². The number of benzene rings is 3. The van der Waals surface area contributed by atoms with E-state index in [-0.39, 0.29) is 24.4 Å². The van der Waals surface area contributed by atoms with Gasteiger partial charge in [-0.1, -0.05) is 60.7 Å². The van der Waals surface area contributed by atoms with Crippen LogP contribution in [0, 0.1) is 5.82 Å². The van der Waals surface area contributed by atoms with Crippen LogP contribution in [0.3, 0.4) is 0 Å². The van der Waals surface area contributed by atoms with Gasteiger partial charge < -0.3 is 15.4 Å². The van der Waals surface area contributed by atoms with Crippen molar-refractivity contribution in [2.75, 3.05) is 5.32 Å². The molecule has 4 aromatic rings. The standard InChI is InChI=1S/C26H23FN4O3/c27-22-17-21(12-13-24(22)31-15-7-14-28-31)29-25(32)23(16-19-8-3-1-4-9-19)30-26(33)34-18-20-10-5-2-6-11-20/h1-15,17,23H,16,18H2,(H,29,32)(H,30,33). The molecule has 2 amide bonds. The Balaban J connectivity index is 1.45. The van der Waals surface area contributed by atoms with E-state index in [0.29, 0.717) is 0 Å². The van der Waals surface area contributed by atoms with Gasteiger partial charge in [0.15, 0.2) is 5.82 Å². The molecular weight excluding hydrogens is 435 g/mol. The largest absolute Gasteiger partial charge is 0.445 e. The number of amides is 2. The van der Waals surface area contributed by atoms with Gasteiger partial charge >= 0.3 is 6.09 Å². The zero-order valence-electron chi connectivity index (χ0n) is 18.2. The molecule has 0 aliphatic rings. The Labute approximate surface area is 196 Å². The second-order valence-electron chi connectivity index (χ2n) is 7.55. The van der Waals surface area contributed by atoms with Crippen LogP contribution in [0.25, 0.3) is 5.69 Å². The van der Waals surface area contributed by atoms with Crippen LogP contribution < -0.4 is 10.6 Å². The zero-order chi connectivity index (χ0) is 23.8. The molecule has 4 rings (SSSR count). The number of anilines is 1. The van der Waals surface area contributed by atoms with E-state index in [4.69, 9.17) is 4.74 Å². The molecule has 7 nitrogen and oxygen atoms in total. The molecule has 1 heterocycles. The molecule has 0 saturated heterocycles. The highest BCUT2D eigenvalue weighted by Gasteiger charge is 2.23. The number of nitrogens with one attached hydrogen (secondary N) is 2. The maximum atomic E-state index is 14.6. The van der Waals surface area contributed by atoms with E-state index < -0.39 is 23.9 Å². The number of carbonyl (C=O) groups excluding carboxylic acids is 2. The molecule has 0 bridgehead atoms. The van der Waals surface area contributed by atoms with Crippen molar-refractivity contribution in [1.29, 1.82) is 0 Å². The maximum Gasteiger partial charge on any atom is 0.408 e. The van der Waals surface area contributed by atoms with Crippen LogP contribution in [0.5, 0.6) is 0 Å². The first kappa shape index (κ1) is 22.7. The van der Waals surface area contributed by atoms with Crippen LogP contribution in [0.2, 0.25) is 0 Å². The minimum atomic E-state index is -0.931.